The van der Waals surface area contributed by atoms with Gasteiger partial charge in [-0.2, -0.15) is 13.2 Å². The summed E-state index contributed by atoms with van der Waals surface area (Å²) in [7, 11) is 0. The lowest BCUT2D eigenvalue weighted by Crippen LogP contribution is -2.46. The van der Waals surface area contributed by atoms with Gasteiger partial charge in [0.05, 0.1) is 0 Å². The molecule has 0 unspecified atom stereocenters. The quantitative estimate of drug-likeness (QED) is 0.808. The average molecular weight is 290 g/mol. The van der Waals surface area contributed by atoms with Gasteiger partial charge in [-0.3, -0.25) is 4.90 Å². The molecule has 1 saturated carbocycles. The number of nitrogens with two attached hydrogens (primary N) is 1. The molecule has 1 fully saturated rings. The Morgan fingerprint density at radius 2 is 2.00 bits per heavy atom. The SMILES string of the molecule is CC1CCC(CN)(CN2CC=C(C(F)(F)F)CC2)CC1. The van der Waals surface area contributed by atoms with E-state index in [2.05, 4.69) is 11.8 Å². The van der Waals surface area contributed by atoms with Crippen LogP contribution in [0.25, 0.3) is 0 Å². The second-order valence-corrected chi connectivity index (χ2v) is 6.60. The van der Waals surface area contributed by atoms with E-state index in [4.69, 9.17) is 5.73 Å². The Balaban J connectivity index is 1.92. The molecule has 0 bridgehead atoms. The van der Waals surface area contributed by atoms with Crippen LogP contribution in [0.15, 0.2) is 11.6 Å². The van der Waals surface area contributed by atoms with Crippen LogP contribution in [-0.2, 0) is 0 Å². The molecule has 5 heteroatoms. The second kappa shape index (κ2) is 6.06. The van der Waals surface area contributed by atoms with E-state index in [0.717, 1.165) is 25.3 Å². The minimum absolute atomic E-state index is 0.112. The Bertz CT molecular complexity index is 355. The van der Waals surface area contributed by atoms with E-state index < -0.39 is 6.18 Å². The van der Waals surface area contributed by atoms with Gasteiger partial charge in [0.1, 0.15) is 0 Å². The molecule has 0 saturated heterocycles. The topological polar surface area (TPSA) is 29.3 Å². The first-order chi connectivity index (χ1) is 9.35. The van der Waals surface area contributed by atoms with Gasteiger partial charge in [-0.1, -0.05) is 25.8 Å². The predicted molar refractivity (Wildman–Crippen MR) is 74.3 cm³/mol. The maximum atomic E-state index is 12.6. The number of nitrogens with zero attached hydrogens (tertiary/aromatic N) is 1. The number of hydrogen-bond acceptors (Lipinski definition) is 2. The molecule has 1 aliphatic carbocycles. The number of hydrogen-bond donors (Lipinski definition) is 1. The molecule has 20 heavy (non-hydrogen) atoms. The third-order valence-corrected chi connectivity index (χ3v) is 4.98. The van der Waals surface area contributed by atoms with Crippen LogP contribution in [0, 0.1) is 11.3 Å². The summed E-state index contributed by atoms with van der Waals surface area (Å²) in [6, 6.07) is 0. The third kappa shape index (κ3) is 3.76. The first-order valence-electron chi connectivity index (χ1n) is 7.53. The van der Waals surface area contributed by atoms with Crippen molar-refractivity contribution in [1.82, 2.24) is 4.90 Å². The molecule has 2 N–H and O–H groups in total. The number of alkyl halides is 3. The lowest BCUT2D eigenvalue weighted by Gasteiger charge is -2.42. The first kappa shape index (κ1) is 15.8. The van der Waals surface area contributed by atoms with E-state index in [9.17, 15) is 13.2 Å². The summed E-state index contributed by atoms with van der Waals surface area (Å²) in [5, 5.41) is 0. The monoisotopic (exact) mass is 290 g/mol. The normalized spacial score (nSPS) is 33.0. The lowest BCUT2D eigenvalue weighted by molar-refractivity contribution is -0.0963. The van der Waals surface area contributed by atoms with Gasteiger partial charge in [0, 0.05) is 25.2 Å². The Hall–Kier alpha value is -0.550. The molecule has 1 heterocycles. The molecule has 0 amide bonds. The molecule has 2 rings (SSSR count). The van der Waals surface area contributed by atoms with Crippen LogP contribution in [0.2, 0.25) is 0 Å². The molecule has 2 aliphatic rings. The first-order valence-corrected chi connectivity index (χ1v) is 7.53. The van der Waals surface area contributed by atoms with Crippen LogP contribution >= 0.6 is 0 Å². The van der Waals surface area contributed by atoms with Crippen LogP contribution in [0.5, 0.6) is 0 Å². The van der Waals surface area contributed by atoms with Crippen molar-refractivity contribution < 1.29 is 13.2 Å². The van der Waals surface area contributed by atoms with E-state index in [1.165, 1.54) is 18.9 Å². The summed E-state index contributed by atoms with van der Waals surface area (Å²) in [6.07, 6.45) is 1.90. The maximum Gasteiger partial charge on any atom is 0.412 e. The van der Waals surface area contributed by atoms with Crippen LogP contribution in [0.4, 0.5) is 13.2 Å². The average Bonchev–Trinajstić information content (AvgIpc) is 2.41. The highest BCUT2D eigenvalue weighted by Gasteiger charge is 2.38. The fourth-order valence-corrected chi connectivity index (χ4v) is 3.39. The lowest BCUT2D eigenvalue weighted by atomic mass is 9.70. The minimum Gasteiger partial charge on any atom is -0.330 e. The Kier molecular flexibility index (Phi) is 4.80. The van der Waals surface area contributed by atoms with Gasteiger partial charge in [0.25, 0.3) is 0 Å². The van der Waals surface area contributed by atoms with Crippen molar-refractivity contribution in [2.24, 2.45) is 17.1 Å². The maximum absolute atomic E-state index is 12.6. The van der Waals surface area contributed by atoms with Crippen LogP contribution in [0.1, 0.15) is 39.0 Å². The molecule has 0 spiro atoms. The van der Waals surface area contributed by atoms with Crippen LogP contribution in [-0.4, -0.2) is 37.3 Å². The highest BCUT2D eigenvalue weighted by atomic mass is 19.4. The van der Waals surface area contributed by atoms with Crippen molar-refractivity contribution >= 4 is 0 Å². The summed E-state index contributed by atoms with van der Waals surface area (Å²) in [6.45, 7) is 4.67. The van der Waals surface area contributed by atoms with E-state index in [1.807, 2.05) is 0 Å². The zero-order valence-electron chi connectivity index (χ0n) is 12.2. The summed E-state index contributed by atoms with van der Waals surface area (Å²) in [5.74, 6) is 0.757. The Morgan fingerprint density at radius 1 is 1.35 bits per heavy atom. The van der Waals surface area contributed by atoms with E-state index >= 15 is 0 Å². The van der Waals surface area contributed by atoms with Crippen molar-refractivity contribution in [3.8, 4) is 0 Å². The van der Waals surface area contributed by atoms with Gasteiger partial charge in [0.2, 0.25) is 0 Å². The number of rotatable bonds is 3. The van der Waals surface area contributed by atoms with Crippen LogP contribution in [0.3, 0.4) is 0 Å². The standard InChI is InChI=1S/C15H25F3N2/c1-12-2-6-14(10-19,7-3-12)11-20-8-4-13(5-9-20)15(16,17)18/h4,12H,2-3,5-11,19H2,1H3. The highest BCUT2D eigenvalue weighted by molar-refractivity contribution is 5.13. The summed E-state index contributed by atoms with van der Waals surface area (Å²) < 4.78 is 37.8. The van der Waals surface area contributed by atoms with Gasteiger partial charge in [-0.15, -0.1) is 0 Å². The Labute approximate surface area is 119 Å². The summed E-state index contributed by atoms with van der Waals surface area (Å²) in [5.41, 5.74) is 5.73. The van der Waals surface area contributed by atoms with Crippen molar-refractivity contribution in [3.63, 3.8) is 0 Å². The molecule has 1 aliphatic heterocycles. The third-order valence-electron chi connectivity index (χ3n) is 4.98. The molecule has 2 nitrogen and oxygen atoms in total. The smallest absolute Gasteiger partial charge is 0.330 e. The van der Waals surface area contributed by atoms with Crippen molar-refractivity contribution in [2.45, 2.75) is 45.2 Å². The van der Waals surface area contributed by atoms with E-state index in [0.29, 0.717) is 19.6 Å². The molecule has 0 aromatic heterocycles. The fraction of sp³-hybridized carbons (Fsp3) is 0.867. The highest BCUT2D eigenvalue weighted by Crippen LogP contribution is 2.39. The van der Waals surface area contributed by atoms with E-state index in [-0.39, 0.29) is 17.4 Å². The van der Waals surface area contributed by atoms with Gasteiger partial charge in [-0.25, -0.2) is 0 Å². The molecule has 0 aromatic carbocycles. The van der Waals surface area contributed by atoms with Crippen molar-refractivity contribution in [3.05, 3.63) is 11.6 Å². The summed E-state index contributed by atoms with van der Waals surface area (Å²) >= 11 is 0. The van der Waals surface area contributed by atoms with Crippen molar-refractivity contribution in [2.75, 3.05) is 26.2 Å². The van der Waals surface area contributed by atoms with Gasteiger partial charge >= 0.3 is 6.18 Å². The van der Waals surface area contributed by atoms with Crippen LogP contribution < -0.4 is 5.73 Å². The molecular weight excluding hydrogens is 265 g/mol. The largest absolute Gasteiger partial charge is 0.412 e. The zero-order valence-corrected chi connectivity index (χ0v) is 12.2. The zero-order chi connectivity index (χ0) is 14.8. The van der Waals surface area contributed by atoms with Gasteiger partial charge in [0.15, 0.2) is 0 Å². The molecule has 0 aromatic rings. The van der Waals surface area contributed by atoms with Gasteiger partial charge in [-0.05, 0) is 37.1 Å². The minimum atomic E-state index is -4.15. The molecule has 0 radical (unpaired) electrons. The van der Waals surface area contributed by atoms with E-state index in [1.54, 1.807) is 0 Å². The van der Waals surface area contributed by atoms with Gasteiger partial charge < -0.3 is 5.73 Å². The summed E-state index contributed by atoms with van der Waals surface area (Å²) in [4.78, 5) is 2.14. The number of halogens is 3. The molecule has 0 atom stereocenters. The molecular formula is C15H25F3N2. The van der Waals surface area contributed by atoms with Crippen molar-refractivity contribution in [1.29, 1.82) is 0 Å². The predicted octanol–water partition coefficient (Wildman–Crippen LogP) is 3.34. The fourth-order valence-electron chi connectivity index (χ4n) is 3.39. The second-order valence-electron chi connectivity index (χ2n) is 6.60. The Morgan fingerprint density at radius 3 is 2.45 bits per heavy atom. The molecule has 116 valence electrons.